The number of hydrogen-bond acceptors (Lipinski definition) is 5. The third-order valence-electron chi connectivity index (χ3n) is 4.79. The Morgan fingerprint density at radius 1 is 0.931 bits per heavy atom. The molecule has 2 N–H and O–H groups in total. The van der Waals surface area contributed by atoms with Crippen molar-refractivity contribution in [2.75, 3.05) is 10.2 Å². The number of carbonyl (C=O) groups excluding carboxylic acids is 1. The van der Waals surface area contributed by atoms with Gasteiger partial charge in [-0.05, 0) is 36.4 Å². The van der Waals surface area contributed by atoms with Gasteiger partial charge in [-0.2, -0.15) is 0 Å². The summed E-state index contributed by atoms with van der Waals surface area (Å²) in [6.07, 6.45) is 0.229. The van der Waals surface area contributed by atoms with E-state index in [0.29, 0.717) is 0 Å². The molecule has 0 spiro atoms. The van der Waals surface area contributed by atoms with Crippen molar-refractivity contribution in [1.29, 1.82) is 5.41 Å². The number of anilines is 2. The van der Waals surface area contributed by atoms with Crippen LogP contribution in [0.2, 0.25) is 0 Å². The largest absolute Gasteiger partial charge is 0.349 e. The quantitative estimate of drug-likeness (QED) is 0.552. The van der Waals surface area contributed by atoms with Crippen molar-refractivity contribution >= 4 is 46.6 Å². The molecule has 0 atom stereocenters. The van der Waals surface area contributed by atoms with Gasteiger partial charge >= 0.3 is 0 Å². The average molecular weight is 416 g/mol. The zero-order valence-electron chi connectivity index (χ0n) is 15.4. The maximum atomic E-state index is 12.9. The van der Waals surface area contributed by atoms with E-state index in [9.17, 15) is 4.79 Å². The van der Waals surface area contributed by atoms with Gasteiger partial charge in [-0.3, -0.25) is 15.1 Å². The summed E-state index contributed by atoms with van der Waals surface area (Å²) in [7, 11) is 0. The van der Waals surface area contributed by atoms with Gasteiger partial charge in [-0.15, -0.1) is 0 Å². The highest BCUT2D eigenvalue weighted by molar-refractivity contribution is 8.03. The van der Waals surface area contributed by atoms with E-state index < -0.39 is 0 Å². The minimum Gasteiger partial charge on any atom is -0.349 e. The highest BCUT2D eigenvalue weighted by atomic mass is 32.2. The monoisotopic (exact) mass is 415 g/mol. The summed E-state index contributed by atoms with van der Waals surface area (Å²) >= 11 is 3.19. The van der Waals surface area contributed by atoms with E-state index in [2.05, 4.69) is 5.32 Å². The summed E-state index contributed by atoms with van der Waals surface area (Å²) in [5.41, 5.74) is 2.53. The highest BCUT2D eigenvalue weighted by Gasteiger charge is 2.36. The van der Waals surface area contributed by atoms with E-state index in [1.807, 2.05) is 78.9 Å². The molecule has 4 nitrogen and oxygen atoms in total. The van der Waals surface area contributed by atoms with Gasteiger partial charge in [0.05, 0.1) is 22.8 Å². The van der Waals surface area contributed by atoms with Gasteiger partial charge in [0.2, 0.25) is 5.91 Å². The number of thioether (sulfide) groups is 1. The van der Waals surface area contributed by atoms with Gasteiger partial charge in [-0.25, -0.2) is 0 Å². The van der Waals surface area contributed by atoms with Crippen LogP contribution in [0.3, 0.4) is 0 Å². The molecule has 29 heavy (non-hydrogen) atoms. The molecule has 0 aromatic heterocycles. The van der Waals surface area contributed by atoms with E-state index in [-0.39, 0.29) is 18.2 Å². The molecule has 1 saturated heterocycles. The maximum Gasteiger partial charge on any atom is 0.237 e. The minimum atomic E-state index is -0.0723. The number of rotatable bonds is 3. The maximum absolute atomic E-state index is 12.9. The summed E-state index contributed by atoms with van der Waals surface area (Å²) in [5.74, 6) is 0.177. The van der Waals surface area contributed by atoms with Crippen LogP contribution in [0.1, 0.15) is 6.42 Å². The molecule has 3 aromatic rings. The molecule has 0 unspecified atom stereocenters. The molecule has 142 valence electrons. The molecule has 6 heteroatoms. The van der Waals surface area contributed by atoms with Gasteiger partial charge in [0, 0.05) is 20.3 Å². The molecule has 0 aliphatic carbocycles. The lowest BCUT2D eigenvalue weighted by atomic mass is 10.2. The van der Waals surface area contributed by atoms with Crippen LogP contribution in [-0.4, -0.2) is 11.7 Å². The Kier molecular flexibility index (Phi) is 4.66. The molecule has 5 rings (SSSR count). The SMILES string of the molecule is N=C1/C(=C2/Nc3ccccc3S2)CC(=O)N1c1ccccc1Sc1ccccc1. The predicted octanol–water partition coefficient (Wildman–Crippen LogP) is 5.98. The van der Waals surface area contributed by atoms with Gasteiger partial charge in [0.15, 0.2) is 0 Å². The van der Waals surface area contributed by atoms with Crippen molar-refractivity contribution in [3.63, 3.8) is 0 Å². The second-order valence-electron chi connectivity index (χ2n) is 6.67. The molecule has 2 heterocycles. The van der Waals surface area contributed by atoms with Crippen LogP contribution in [0.15, 0.2) is 104 Å². The van der Waals surface area contributed by atoms with E-state index >= 15 is 0 Å². The summed E-state index contributed by atoms with van der Waals surface area (Å²) in [6, 6.07) is 25.9. The Balaban J connectivity index is 1.48. The highest BCUT2D eigenvalue weighted by Crippen LogP contribution is 2.45. The van der Waals surface area contributed by atoms with E-state index in [1.54, 1.807) is 28.4 Å². The van der Waals surface area contributed by atoms with Crippen molar-refractivity contribution < 1.29 is 4.79 Å². The summed E-state index contributed by atoms with van der Waals surface area (Å²) in [5, 5.41) is 13.0. The predicted molar refractivity (Wildman–Crippen MR) is 120 cm³/mol. The topological polar surface area (TPSA) is 56.2 Å². The van der Waals surface area contributed by atoms with Crippen molar-refractivity contribution in [3.05, 3.63) is 89.5 Å². The van der Waals surface area contributed by atoms with Crippen LogP contribution >= 0.6 is 23.5 Å². The molecular formula is C23H17N3OS2. The lowest BCUT2D eigenvalue weighted by Gasteiger charge is -2.19. The van der Waals surface area contributed by atoms with Crippen LogP contribution in [0.5, 0.6) is 0 Å². The zero-order valence-corrected chi connectivity index (χ0v) is 17.0. The molecule has 1 amide bonds. The van der Waals surface area contributed by atoms with Crippen molar-refractivity contribution in [1.82, 2.24) is 0 Å². The van der Waals surface area contributed by atoms with E-state index in [0.717, 1.165) is 36.7 Å². The van der Waals surface area contributed by atoms with Crippen LogP contribution in [0, 0.1) is 5.41 Å². The Morgan fingerprint density at radius 3 is 2.48 bits per heavy atom. The van der Waals surface area contributed by atoms with Gasteiger partial charge in [0.1, 0.15) is 5.84 Å². The second kappa shape index (κ2) is 7.46. The third kappa shape index (κ3) is 3.34. The van der Waals surface area contributed by atoms with Crippen LogP contribution in [0.4, 0.5) is 11.4 Å². The standard InChI is InChI=1S/C23H17N3OS2/c24-22-16(23-25-17-10-4-6-12-19(17)29-23)14-21(27)26(22)18-11-5-7-13-20(18)28-15-8-2-1-3-9-15/h1-13,24-25H,14H2/b23-16-,24-22?. The number of fused-ring (bicyclic) bond motifs is 1. The summed E-state index contributed by atoms with van der Waals surface area (Å²) in [4.78, 5) is 17.6. The normalized spacial score (nSPS) is 18.1. The summed E-state index contributed by atoms with van der Waals surface area (Å²) in [6.45, 7) is 0. The van der Waals surface area contributed by atoms with Crippen LogP contribution in [0.25, 0.3) is 0 Å². The summed E-state index contributed by atoms with van der Waals surface area (Å²) < 4.78 is 0. The van der Waals surface area contributed by atoms with Crippen molar-refractivity contribution in [3.8, 4) is 0 Å². The molecule has 0 radical (unpaired) electrons. The first-order valence-corrected chi connectivity index (χ1v) is 10.8. The molecule has 1 fully saturated rings. The Bertz CT molecular complexity index is 1130. The van der Waals surface area contributed by atoms with Gasteiger partial charge < -0.3 is 5.32 Å². The first kappa shape index (κ1) is 18.1. The fourth-order valence-electron chi connectivity index (χ4n) is 3.41. The Hall–Kier alpha value is -2.96. The molecular weight excluding hydrogens is 398 g/mol. The average Bonchev–Trinajstić information content (AvgIpc) is 3.30. The number of nitrogens with zero attached hydrogens (tertiary/aromatic N) is 1. The third-order valence-corrected chi connectivity index (χ3v) is 6.99. The van der Waals surface area contributed by atoms with E-state index in [1.165, 1.54) is 0 Å². The minimum absolute atomic E-state index is 0.0723. The van der Waals surface area contributed by atoms with Gasteiger partial charge in [-0.1, -0.05) is 66.0 Å². The molecule has 3 aromatic carbocycles. The first-order chi connectivity index (χ1) is 14.2. The lowest BCUT2D eigenvalue weighted by molar-refractivity contribution is -0.116. The smallest absolute Gasteiger partial charge is 0.237 e. The number of amidine groups is 1. The second-order valence-corrected chi connectivity index (χ2v) is 8.84. The molecule has 0 bridgehead atoms. The number of amides is 1. The first-order valence-electron chi connectivity index (χ1n) is 9.21. The van der Waals surface area contributed by atoms with Crippen molar-refractivity contribution in [2.45, 2.75) is 21.1 Å². The number of nitrogens with one attached hydrogen (secondary N) is 2. The Morgan fingerprint density at radius 2 is 1.66 bits per heavy atom. The zero-order chi connectivity index (χ0) is 19.8. The van der Waals surface area contributed by atoms with Crippen LogP contribution in [-0.2, 0) is 4.79 Å². The number of carbonyl (C=O) groups is 1. The molecule has 2 aliphatic heterocycles. The fourth-order valence-corrected chi connectivity index (χ4v) is 5.42. The molecule has 2 aliphatic rings. The number of benzene rings is 3. The lowest BCUT2D eigenvalue weighted by Crippen LogP contribution is -2.29. The van der Waals surface area contributed by atoms with E-state index in [4.69, 9.17) is 5.41 Å². The van der Waals surface area contributed by atoms with Gasteiger partial charge in [0.25, 0.3) is 0 Å². The fraction of sp³-hybridized carbons (Fsp3) is 0.0435. The molecule has 0 saturated carbocycles. The van der Waals surface area contributed by atoms with Crippen molar-refractivity contribution in [2.24, 2.45) is 0 Å². The number of hydrogen-bond donors (Lipinski definition) is 2. The number of para-hydroxylation sites is 2. The Labute approximate surface area is 177 Å². The van der Waals surface area contributed by atoms with Crippen LogP contribution < -0.4 is 10.2 Å².